The van der Waals surface area contributed by atoms with Crippen LogP contribution < -0.4 is 14.8 Å². The summed E-state index contributed by atoms with van der Waals surface area (Å²) in [5.74, 6) is -0.670. The second kappa shape index (κ2) is 13.2. The molecule has 42 heavy (non-hydrogen) atoms. The summed E-state index contributed by atoms with van der Waals surface area (Å²) in [6.45, 7) is 6.14. The number of hydrogen-bond acceptors (Lipinski definition) is 8. The Bertz CT molecular complexity index is 1600. The lowest BCUT2D eigenvalue weighted by Gasteiger charge is -2.32. The number of sulfonamides is 1. The van der Waals surface area contributed by atoms with Gasteiger partial charge in [-0.3, -0.25) is 4.72 Å². The number of nitrogens with zero attached hydrogens (tertiary/aromatic N) is 4. The fourth-order valence-electron chi connectivity index (χ4n) is 4.53. The van der Waals surface area contributed by atoms with E-state index in [-0.39, 0.29) is 5.69 Å². The molecule has 2 N–H and O–H groups in total. The van der Waals surface area contributed by atoms with Gasteiger partial charge in [-0.1, -0.05) is 0 Å². The van der Waals surface area contributed by atoms with E-state index in [0.29, 0.717) is 24.2 Å². The van der Waals surface area contributed by atoms with E-state index in [2.05, 4.69) is 36.9 Å². The lowest BCUT2D eigenvalue weighted by molar-refractivity contribution is 0.145. The predicted octanol–water partition coefficient (Wildman–Crippen LogP) is 4.98. The number of nitrogens with one attached hydrogen (secondary N) is 2. The minimum absolute atomic E-state index is 0.217. The van der Waals surface area contributed by atoms with Gasteiger partial charge in [0.25, 0.3) is 10.0 Å². The first-order chi connectivity index (χ1) is 20.2. The van der Waals surface area contributed by atoms with Gasteiger partial charge in [-0.05, 0) is 74.1 Å². The Morgan fingerprint density at radius 2 is 1.60 bits per heavy atom. The minimum Gasteiger partial charge on any atom is -0.494 e. The largest absolute Gasteiger partial charge is 0.494 e. The molecule has 2 heterocycles. The van der Waals surface area contributed by atoms with Crippen LogP contribution in [0.4, 0.5) is 26.0 Å². The van der Waals surface area contributed by atoms with Crippen LogP contribution in [-0.2, 0) is 10.0 Å². The number of hydrogen-bond donors (Lipinski definition) is 2. The summed E-state index contributed by atoms with van der Waals surface area (Å²) in [6.07, 6.45) is 2.44. The molecule has 0 bridgehead atoms. The van der Waals surface area contributed by atoms with Crippen LogP contribution in [0.25, 0.3) is 11.3 Å². The average Bonchev–Trinajstić information content (AvgIpc) is 2.97. The monoisotopic (exact) mass is 594 g/mol. The molecule has 220 valence electrons. The van der Waals surface area contributed by atoms with E-state index >= 15 is 0 Å². The molecule has 0 atom stereocenters. The topological polar surface area (TPSA) is 99.7 Å². The molecule has 0 unspecified atom stereocenters. The zero-order valence-corrected chi connectivity index (χ0v) is 23.9. The van der Waals surface area contributed by atoms with Crippen molar-refractivity contribution in [1.82, 2.24) is 19.8 Å². The first-order valence-corrected chi connectivity index (χ1v) is 15.0. The van der Waals surface area contributed by atoms with Crippen molar-refractivity contribution in [3.8, 4) is 17.0 Å². The van der Waals surface area contributed by atoms with Crippen molar-refractivity contribution in [3.05, 3.63) is 90.8 Å². The summed E-state index contributed by atoms with van der Waals surface area (Å²) < 4.78 is 60.4. The molecular formula is C30H32F2N6O3S. The van der Waals surface area contributed by atoms with Crippen molar-refractivity contribution in [2.45, 2.75) is 11.3 Å². The second-order valence-corrected chi connectivity index (χ2v) is 11.7. The molecule has 12 heteroatoms. The Labute approximate surface area is 244 Å². The molecule has 1 aliphatic heterocycles. The quantitative estimate of drug-likeness (QED) is 0.235. The molecule has 4 aromatic rings. The highest BCUT2D eigenvalue weighted by Gasteiger charge is 2.20. The Balaban J connectivity index is 1.14. The molecule has 3 aromatic carbocycles. The maximum atomic E-state index is 14.0. The Morgan fingerprint density at radius 3 is 2.31 bits per heavy atom. The van der Waals surface area contributed by atoms with Crippen LogP contribution in [0, 0.1) is 11.6 Å². The van der Waals surface area contributed by atoms with Crippen molar-refractivity contribution in [2.24, 2.45) is 0 Å². The summed E-state index contributed by atoms with van der Waals surface area (Å²) in [5, 5.41) is 3.16. The number of halogens is 2. The number of ether oxygens (including phenoxy) is 1. The molecule has 5 rings (SSSR count). The van der Waals surface area contributed by atoms with E-state index in [1.54, 1.807) is 18.2 Å². The molecule has 0 saturated carbocycles. The van der Waals surface area contributed by atoms with Crippen molar-refractivity contribution in [1.29, 1.82) is 0 Å². The van der Waals surface area contributed by atoms with E-state index in [1.165, 1.54) is 18.5 Å². The van der Waals surface area contributed by atoms with Crippen LogP contribution in [0.2, 0.25) is 0 Å². The third kappa shape index (κ3) is 7.78. The fraction of sp³-hybridized carbons (Fsp3) is 0.267. The molecule has 0 radical (unpaired) electrons. The van der Waals surface area contributed by atoms with Gasteiger partial charge in [-0.15, -0.1) is 0 Å². The maximum absolute atomic E-state index is 14.0. The molecule has 1 fully saturated rings. The Hall–Kier alpha value is -4.13. The highest BCUT2D eigenvalue weighted by molar-refractivity contribution is 7.92. The smallest absolute Gasteiger partial charge is 0.264 e. The molecule has 0 aliphatic carbocycles. The number of likely N-dealkylation sites (N-methyl/N-ethyl adjacent to an activating group) is 1. The summed E-state index contributed by atoms with van der Waals surface area (Å²) in [5.41, 5.74) is 2.49. The second-order valence-electron chi connectivity index (χ2n) is 10.0. The SMILES string of the molecule is CN1CCN(CCCOc2ccc(-c3cc(Nc4ccc(NS(=O)(=O)c5ccc(F)cc5F)cc4)ncn3)cc2)CC1. The third-order valence-corrected chi connectivity index (χ3v) is 8.31. The van der Waals surface area contributed by atoms with Gasteiger partial charge in [0, 0.05) is 61.8 Å². The fourth-order valence-corrected chi connectivity index (χ4v) is 5.65. The van der Waals surface area contributed by atoms with Gasteiger partial charge in [-0.2, -0.15) is 0 Å². The van der Waals surface area contributed by atoms with Crippen LogP contribution in [0.3, 0.4) is 0 Å². The molecule has 1 aromatic heterocycles. The van der Waals surface area contributed by atoms with Gasteiger partial charge in [-0.25, -0.2) is 27.2 Å². The lowest BCUT2D eigenvalue weighted by atomic mass is 10.1. The molecule has 1 saturated heterocycles. The predicted molar refractivity (Wildman–Crippen MR) is 158 cm³/mol. The number of anilines is 3. The standard InChI is InChI=1S/C30H32F2N6O3S/c1-37-14-16-38(17-15-37)13-2-18-41-26-10-3-22(4-11-26)28-20-30(34-21-33-28)35-24-6-8-25(9-7-24)36-42(39,40)29-12-5-23(31)19-27(29)32/h3-12,19-21,36H,2,13-18H2,1H3,(H,33,34,35). The first kappa shape index (κ1) is 29.4. The van der Waals surface area contributed by atoms with Crippen LogP contribution in [0.15, 0.2) is 84.0 Å². The van der Waals surface area contributed by atoms with E-state index in [0.717, 1.165) is 68.3 Å². The normalized spacial score (nSPS) is 14.5. The molecular weight excluding hydrogens is 562 g/mol. The van der Waals surface area contributed by atoms with Crippen molar-refractivity contribution in [3.63, 3.8) is 0 Å². The number of piperazine rings is 1. The first-order valence-electron chi connectivity index (χ1n) is 13.6. The Kier molecular flexibility index (Phi) is 9.25. The Morgan fingerprint density at radius 1 is 0.881 bits per heavy atom. The summed E-state index contributed by atoms with van der Waals surface area (Å²) >= 11 is 0. The van der Waals surface area contributed by atoms with Crippen LogP contribution in [0.5, 0.6) is 5.75 Å². The summed E-state index contributed by atoms with van der Waals surface area (Å²) in [4.78, 5) is 12.8. The van der Waals surface area contributed by atoms with E-state index in [9.17, 15) is 17.2 Å². The number of aromatic nitrogens is 2. The molecule has 9 nitrogen and oxygen atoms in total. The highest BCUT2D eigenvalue weighted by atomic mass is 32.2. The van der Waals surface area contributed by atoms with Crippen LogP contribution in [0.1, 0.15) is 6.42 Å². The summed E-state index contributed by atoms with van der Waals surface area (Å²) in [6, 6.07) is 18.2. The number of rotatable bonds is 11. The van der Waals surface area contributed by atoms with Crippen LogP contribution in [-0.4, -0.2) is 74.6 Å². The van der Waals surface area contributed by atoms with Gasteiger partial charge < -0.3 is 19.9 Å². The molecule has 0 spiro atoms. The zero-order chi connectivity index (χ0) is 29.5. The van der Waals surface area contributed by atoms with Gasteiger partial charge in [0.05, 0.1) is 12.3 Å². The molecule has 0 amide bonds. The number of benzene rings is 3. The van der Waals surface area contributed by atoms with Crippen molar-refractivity contribution < 1.29 is 21.9 Å². The maximum Gasteiger partial charge on any atom is 0.264 e. The zero-order valence-electron chi connectivity index (χ0n) is 23.1. The molecule has 1 aliphatic rings. The lowest BCUT2D eigenvalue weighted by Crippen LogP contribution is -2.44. The minimum atomic E-state index is -4.23. The third-order valence-electron chi connectivity index (χ3n) is 6.89. The average molecular weight is 595 g/mol. The summed E-state index contributed by atoms with van der Waals surface area (Å²) in [7, 11) is -2.07. The van der Waals surface area contributed by atoms with E-state index in [1.807, 2.05) is 24.3 Å². The van der Waals surface area contributed by atoms with Crippen molar-refractivity contribution >= 4 is 27.2 Å². The van der Waals surface area contributed by atoms with E-state index < -0.39 is 26.6 Å². The van der Waals surface area contributed by atoms with Gasteiger partial charge in [0.1, 0.15) is 34.4 Å². The van der Waals surface area contributed by atoms with Gasteiger partial charge >= 0.3 is 0 Å². The van der Waals surface area contributed by atoms with Gasteiger partial charge in [0.2, 0.25) is 0 Å². The van der Waals surface area contributed by atoms with Crippen molar-refractivity contribution in [2.75, 3.05) is 56.4 Å². The van der Waals surface area contributed by atoms with E-state index in [4.69, 9.17) is 4.74 Å². The van der Waals surface area contributed by atoms with Crippen LogP contribution >= 0.6 is 0 Å². The van der Waals surface area contributed by atoms with Gasteiger partial charge in [0.15, 0.2) is 0 Å². The highest BCUT2D eigenvalue weighted by Crippen LogP contribution is 2.25.